The largest absolute Gasteiger partial charge is 0.387 e. The Morgan fingerprint density at radius 3 is 3.00 bits per heavy atom. The summed E-state index contributed by atoms with van der Waals surface area (Å²) in [5.74, 6) is 0. The van der Waals surface area contributed by atoms with E-state index in [4.69, 9.17) is 5.53 Å². The zero-order valence-electron chi connectivity index (χ0n) is 6.01. The fourth-order valence-corrected chi connectivity index (χ4v) is 2.11. The highest BCUT2D eigenvalue weighted by Gasteiger charge is 2.07. The van der Waals surface area contributed by atoms with Gasteiger partial charge in [-0.1, -0.05) is 5.11 Å². The molecule has 0 radical (unpaired) electrons. The van der Waals surface area contributed by atoms with E-state index in [1.807, 2.05) is 6.07 Å². The third kappa shape index (κ3) is 2.49. The second-order valence-corrected chi connectivity index (χ2v) is 4.57. The molecule has 1 atom stereocenters. The Bertz CT molecular complexity index is 307. The van der Waals surface area contributed by atoms with E-state index in [1.165, 1.54) is 11.3 Å². The van der Waals surface area contributed by atoms with Gasteiger partial charge in [-0.15, -0.1) is 11.3 Å². The molecule has 0 fully saturated rings. The molecule has 0 saturated heterocycles. The first-order valence-corrected chi connectivity index (χ1v) is 4.79. The molecular weight excluding hydrogens is 242 g/mol. The van der Waals surface area contributed by atoms with Gasteiger partial charge in [-0.25, -0.2) is 0 Å². The average molecular weight is 248 g/mol. The molecule has 1 aromatic rings. The number of nitrogens with zero attached hydrogens (tertiary/aromatic N) is 3. The van der Waals surface area contributed by atoms with Crippen LogP contribution in [0.15, 0.2) is 21.0 Å². The van der Waals surface area contributed by atoms with E-state index in [9.17, 15) is 5.11 Å². The van der Waals surface area contributed by atoms with Gasteiger partial charge in [0.05, 0.1) is 16.4 Å². The smallest absolute Gasteiger partial charge is 0.0938 e. The van der Waals surface area contributed by atoms with Crippen LogP contribution >= 0.6 is 27.3 Å². The van der Waals surface area contributed by atoms with Gasteiger partial charge < -0.3 is 5.11 Å². The van der Waals surface area contributed by atoms with Crippen molar-refractivity contribution in [2.75, 3.05) is 6.54 Å². The van der Waals surface area contributed by atoms with Crippen molar-refractivity contribution in [1.29, 1.82) is 0 Å². The number of hydrogen-bond donors (Lipinski definition) is 1. The summed E-state index contributed by atoms with van der Waals surface area (Å²) in [4.78, 5) is 3.37. The van der Waals surface area contributed by atoms with Crippen LogP contribution < -0.4 is 0 Å². The highest BCUT2D eigenvalue weighted by molar-refractivity contribution is 9.11. The Balaban J connectivity index is 2.64. The monoisotopic (exact) mass is 247 g/mol. The summed E-state index contributed by atoms with van der Waals surface area (Å²) in [7, 11) is 0. The van der Waals surface area contributed by atoms with Gasteiger partial charge in [0, 0.05) is 9.79 Å². The van der Waals surface area contributed by atoms with Crippen molar-refractivity contribution in [3.63, 3.8) is 0 Å². The van der Waals surface area contributed by atoms with E-state index in [0.717, 1.165) is 8.66 Å². The number of rotatable bonds is 3. The predicted molar refractivity (Wildman–Crippen MR) is 51.0 cm³/mol. The molecule has 0 unspecified atom stereocenters. The minimum atomic E-state index is -0.683. The summed E-state index contributed by atoms with van der Waals surface area (Å²) in [6, 6.07) is 3.64. The van der Waals surface area contributed by atoms with E-state index in [0.29, 0.717) is 0 Å². The number of azide groups is 1. The van der Waals surface area contributed by atoms with Crippen LogP contribution in [-0.4, -0.2) is 11.7 Å². The molecule has 0 aliphatic heterocycles. The Hall–Kier alpha value is -0.550. The molecule has 1 aromatic heterocycles. The molecule has 4 nitrogen and oxygen atoms in total. The maximum Gasteiger partial charge on any atom is 0.0938 e. The van der Waals surface area contributed by atoms with Gasteiger partial charge in [0.1, 0.15) is 0 Å². The molecule has 0 aliphatic rings. The maximum absolute atomic E-state index is 9.39. The Morgan fingerprint density at radius 2 is 2.50 bits per heavy atom. The molecule has 1 N–H and O–H groups in total. The van der Waals surface area contributed by atoms with E-state index < -0.39 is 6.10 Å². The molecule has 0 saturated carbocycles. The van der Waals surface area contributed by atoms with Crippen molar-refractivity contribution < 1.29 is 5.11 Å². The van der Waals surface area contributed by atoms with Crippen LogP contribution in [-0.2, 0) is 0 Å². The van der Waals surface area contributed by atoms with E-state index >= 15 is 0 Å². The topological polar surface area (TPSA) is 69.0 Å². The second-order valence-electron chi connectivity index (χ2n) is 2.07. The highest BCUT2D eigenvalue weighted by atomic mass is 79.9. The van der Waals surface area contributed by atoms with E-state index in [2.05, 4.69) is 26.0 Å². The zero-order chi connectivity index (χ0) is 8.97. The minimum Gasteiger partial charge on any atom is -0.387 e. The lowest BCUT2D eigenvalue weighted by atomic mass is 10.3. The molecule has 1 heterocycles. The average Bonchev–Trinajstić information content (AvgIpc) is 2.47. The van der Waals surface area contributed by atoms with Crippen molar-refractivity contribution in [2.45, 2.75) is 6.10 Å². The summed E-state index contributed by atoms with van der Waals surface area (Å²) < 4.78 is 0.956. The number of aliphatic hydroxyl groups is 1. The van der Waals surface area contributed by atoms with Crippen molar-refractivity contribution in [2.24, 2.45) is 5.11 Å². The molecule has 0 bridgehead atoms. The first-order chi connectivity index (χ1) is 5.74. The fourth-order valence-electron chi connectivity index (χ4n) is 0.711. The zero-order valence-corrected chi connectivity index (χ0v) is 8.42. The van der Waals surface area contributed by atoms with Gasteiger partial charge in [-0.3, -0.25) is 0 Å². The van der Waals surface area contributed by atoms with Gasteiger partial charge in [-0.2, -0.15) is 0 Å². The third-order valence-electron chi connectivity index (χ3n) is 1.24. The Kier molecular flexibility index (Phi) is 3.55. The SMILES string of the molecule is [N-]=[N+]=NC[C@@H](O)c1ccc(Br)s1. The lowest BCUT2D eigenvalue weighted by molar-refractivity contribution is 0.190. The fraction of sp³-hybridized carbons (Fsp3) is 0.333. The number of hydrogen-bond acceptors (Lipinski definition) is 3. The van der Waals surface area contributed by atoms with Crippen LogP contribution in [0.2, 0.25) is 0 Å². The minimum absolute atomic E-state index is 0.0868. The standard InChI is InChI=1S/C6H6BrN3OS/c7-6-2-1-5(12-6)4(11)3-9-10-8/h1-2,4,11H,3H2/t4-/m1/s1. The molecule has 64 valence electrons. The summed E-state index contributed by atoms with van der Waals surface area (Å²) in [6.07, 6.45) is -0.683. The van der Waals surface area contributed by atoms with E-state index in [-0.39, 0.29) is 6.54 Å². The first kappa shape index (κ1) is 9.54. The molecule has 0 aliphatic carbocycles. The molecule has 6 heteroatoms. The molecule has 1 rings (SSSR count). The Labute approximate surface area is 81.6 Å². The number of thiophene rings is 1. The van der Waals surface area contributed by atoms with Crippen molar-refractivity contribution in [3.05, 3.63) is 31.2 Å². The predicted octanol–water partition coefficient (Wildman–Crippen LogP) is 2.85. The molecule has 0 aromatic carbocycles. The van der Waals surface area contributed by atoms with Crippen molar-refractivity contribution in [1.82, 2.24) is 0 Å². The molecule has 0 amide bonds. The quantitative estimate of drug-likeness (QED) is 0.498. The molecular formula is C6H6BrN3OS. The van der Waals surface area contributed by atoms with Crippen LogP contribution in [0.4, 0.5) is 0 Å². The summed E-state index contributed by atoms with van der Waals surface area (Å²) in [5.41, 5.74) is 8.01. The lowest BCUT2D eigenvalue weighted by Gasteiger charge is -2.01. The normalized spacial score (nSPS) is 12.2. The van der Waals surface area contributed by atoms with Crippen LogP contribution in [0.1, 0.15) is 11.0 Å². The lowest BCUT2D eigenvalue weighted by Crippen LogP contribution is -1.97. The van der Waals surface area contributed by atoms with Gasteiger partial charge in [0.15, 0.2) is 0 Å². The van der Waals surface area contributed by atoms with Crippen molar-refractivity contribution in [3.8, 4) is 0 Å². The molecule has 0 spiro atoms. The van der Waals surface area contributed by atoms with Gasteiger partial charge in [0.25, 0.3) is 0 Å². The second kappa shape index (κ2) is 4.47. The summed E-state index contributed by atoms with van der Waals surface area (Å²) in [5, 5.41) is 12.7. The van der Waals surface area contributed by atoms with Crippen LogP contribution in [0.3, 0.4) is 0 Å². The van der Waals surface area contributed by atoms with Crippen LogP contribution in [0.25, 0.3) is 10.4 Å². The molecule has 12 heavy (non-hydrogen) atoms. The van der Waals surface area contributed by atoms with Crippen LogP contribution in [0, 0.1) is 0 Å². The van der Waals surface area contributed by atoms with E-state index in [1.54, 1.807) is 6.07 Å². The number of halogens is 1. The summed E-state index contributed by atoms with van der Waals surface area (Å²) in [6.45, 7) is 0.0868. The van der Waals surface area contributed by atoms with Gasteiger partial charge in [0.2, 0.25) is 0 Å². The van der Waals surface area contributed by atoms with Crippen LogP contribution in [0.5, 0.6) is 0 Å². The van der Waals surface area contributed by atoms with Gasteiger partial charge >= 0.3 is 0 Å². The third-order valence-corrected chi connectivity index (χ3v) is 2.97. The Morgan fingerprint density at radius 1 is 1.75 bits per heavy atom. The van der Waals surface area contributed by atoms with Gasteiger partial charge in [-0.05, 0) is 33.6 Å². The maximum atomic E-state index is 9.39. The van der Waals surface area contributed by atoms with Crippen molar-refractivity contribution >= 4 is 27.3 Å². The first-order valence-electron chi connectivity index (χ1n) is 3.18. The number of aliphatic hydroxyl groups excluding tert-OH is 1. The highest BCUT2D eigenvalue weighted by Crippen LogP contribution is 2.27. The summed E-state index contributed by atoms with van der Waals surface area (Å²) >= 11 is 4.70.